The van der Waals surface area contributed by atoms with Gasteiger partial charge < -0.3 is 10.6 Å². The average Bonchev–Trinajstić information content (AvgIpc) is 3.24. The van der Waals surface area contributed by atoms with Gasteiger partial charge in [-0.25, -0.2) is 9.98 Å². The molecule has 0 saturated carbocycles. The number of nitrogen functional groups attached to an aromatic ring is 1. The van der Waals surface area contributed by atoms with Crippen molar-refractivity contribution in [2.24, 2.45) is 4.99 Å². The number of nitrogens with two attached hydrogens (primary N) is 1. The second-order valence-corrected chi connectivity index (χ2v) is 8.81. The Kier molecular flexibility index (Phi) is 3.82. The maximum absolute atomic E-state index is 6.42. The molecule has 4 rings (SSSR count). The summed E-state index contributed by atoms with van der Waals surface area (Å²) in [5.74, 6) is 0.566. The van der Waals surface area contributed by atoms with Crippen molar-refractivity contribution < 1.29 is 4.84 Å². The molecule has 2 aliphatic heterocycles. The maximum Gasteiger partial charge on any atom is 0.254 e. The van der Waals surface area contributed by atoms with E-state index in [0.29, 0.717) is 16.8 Å². The molecule has 24 heavy (non-hydrogen) atoms. The van der Waals surface area contributed by atoms with E-state index in [-0.39, 0.29) is 6.17 Å². The Bertz CT molecular complexity index is 900. The molecule has 2 aromatic rings. The van der Waals surface area contributed by atoms with Crippen LogP contribution in [0.25, 0.3) is 10.2 Å². The highest BCUT2D eigenvalue weighted by Gasteiger charge is 2.30. The molecule has 0 spiro atoms. The van der Waals surface area contributed by atoms with Gasteiger partial charge >= 0.3 is 0 Å². The summed E-state index contributed by atoms with van der Waals surface area (Å²) in [4.78, 5) is 18.1. The lowest BCUT2D eigenvalue weighted by Crippen LogP contribution is -2.22. The number of hydroxylamine groups is 1. The third-order valence-electron chi connectivity index (χ3n) is 4.64. The summed E-state index contributed by atoms with van der Waals surface area (Å²) in [7, 11) is 0. The number of thiophene rings is 1. The Balaban J connectivity index is 1.75. The number of pyridine rings is 1. The summed E-state index contributed by atoms with van der Waals surface area (Å²) in [6.07, 6.45) is 3.18. The van der Waals surface area contributed by atoms with Crippen LogP contribution in [0.4, 0.5) is 5.69 Å². The number of anilines is 1. The molecule has 2 aromatic heterocycles. The molecule has 126 valence electrons. The quantitative estimate of drug-likeness (QED) is 0.852. The molecule has 0 radical (unpaired) electrons. The molecule has 0 fully saturated rings. The summed E-state index contributed by atoms with van der Waals surface area (Å²) >= 11 is 3.39. The van der Waals surface area contributed by atoms with Crippen LogP contribution in [0.1, 0.15) is 35.0 Å². The van der Waals surface area contributed by atoms with E-state index >= 15 is 0 Å². The third-order valence-corrected chi connectivity index (χ3v) is 6.99. The van der Waals surface area contributed by atoms with Gasteiger partial charge in [0.25, 0.3) is 5.90 Å². The summed E-state index contributed by atoms with van der Waals surface area (Å²) < 4.78 is 0. The molecule has 2 aliphatic rings. The first kappa shape index (κ1) is 15.9. The van der Waals surface area contributed by atoms with E-state index in [1.54, 1.807) is 11.3 Å². The number of nitrogens with zero attached hydrogens (tertiary/aromatic N) is 2. The van der Waals surface area contributed by atoms with Crippen LogP contribution in [0.5, 0.6) is 0 Å². The minimum Gasteiger partial charge on any atom is -0.397 e. The summed E-state index contributed by atoms with van der Waals surface area (Å²) in [5, 5.41) is 1.63. The van der Waals surface area contributed by atoms with E-state index in [0.717, 1.165) is 27.2 Å². The smallest absolute Gasteiger partial charge is 0.254 e. The second-order valence-electron chi connectivity index (χ2n) is 6.30. The highest BCUT2D eigenvalue weighted by atomic mass is 32.2. The fraction of sp³-hybridized carbons (Fsp3) is 0.412. The maximum atomic E-state index is 6.42. The predicted octanol–water partition coefficient (Wildman–Crippen LogP) is 3.82. The predicted molar refractivity (Wildman–Crippen MR) is 103 cm³/mol. The monoisotopic (exact) mass is 360 g/mol. The van der Waals surface area contributed by atoms with Gasteiger partial charge in [-0.1, -0.05) is 13.0 Å². The highest BCUT2D eigenvalue weighted by Crippen LogP contribution is 2.39. The van der Waals surface area contributed by atoms with Crippen LogP contribution < -0.4 is 11.2 Å². The second kappa shape index (κ2) is 5.75. The number of thioether (sulfide) groups is 1. The van der Waals surface area contributed by atoms with Crippen molar-refractivity contribution in [3.05, 3.63) is 32.7 Å². The van der Waals surface area contributed by atoms with Gasteiger partial charge in [0.2, 0.25) is 0 Å². The van der Waals surface area contributed by atoms with Crippen LogP contribution in [0.3, 0.4) is 0 Å². The van der Waals surface area contributed by atoms with Gasteiger partial charge in [-0.3, -0.25) is 0 Å². The van der Waals surface area contributed by atoms with Crippen molar-refractivity contribution in [3.63, 3.8) is 0 Å². The van der Waals surface area contributed by atoms with Gasteiger partial charge in [-0.05, 0) is 38.3 Å². The van der Waals surface area contributed by atoms with Crippen LogP contribution in [0, 0.1) is 20.8 Å². The first-order chi connectivity index (χ1) is 11.5. The number of aryl methyl sites for hydroxylation is 2. The van der Waals surface area contributed by atoms with E-state index in [4.69, 9.17) is 15.6 Å². The number of hydrogen-bond donors (Lipinski definition) is 2. The van der Waals surface area contributed by atoms with E-state index in [9.17, 15) is 0 Å². The van der Waals surface area contributed by atoms with Crippen molar-refractivity contribution in [1.29, 1.82) is 0 Å². The van der Waals surface area contributed by atoms with Crippen molar-refractivity contribution >= 4 is 44.9 Å². The van der Waals surface area contributed by atoms with Gasteiger partial charge in [0.15, 0.2) is 6.17 Å². The summed E-state index contributed by atoms with van der Waals surface area (Å²) in [6, 6.07) is 0. The van der Waals surface area contributed by atoms with Gasteiger partial charge in [0.1, 0.15) is 9.71 Å². The molecular weight excluding hydrogens is 340 g/mol. The van der Waals surface area contributed by atoms with Gasteiger partial charge in [0, 0.05) is 21.2 Å². The Labute approximate surface area is 149 Å². The topological polar surface area (TPSA) is 72.5 Å². The van der Waals surface area contributed by atoms with Gasteiger partial charge in [-0.15, -0.1) is 28.6 Å². The van der Waals surface area contributed by atoms with E-state index in [1.807, 2.05) is 18.7 Å². The lowest BCUT2D eigenvalue weighted by Gasteiger charge is -2.07. The molecule has 7 heteroatoms. The van der Waals surface area contributed by atoms with E-state index < -0.39 is 0 Å². The molecule has 4 heterocycles. The Morgan fingerprint density at radius 3 is 2.79 bits per heavy atom. The number of aromatic nitrogens is 1. The molecule has 0 saturated heterocycles. The zero-order valence-electron chi connectivity index (χ0n) is 14.1. The molecule has 0 aromatic carbocycles. The number of aliphatic imine (C=N–C) groups is 1. The van der Waals surface area contributed by atoms with Crippen LogP contribution in [-0.4, -0.2) is 22.3 Å². The zero-order chi connectivity index (χ0) is 17.0. The lowest BCUT2D eigenvalue weighted by molar-refractivity contribution is 0.194. The van der Waals surface area contributed by atoms with Gasteiger partial charge in [0.05, 0.1) is 5.69 Å². The van der Waals surface area contributed by atoms with E-state index in [1.165, 1.54) is 16.0 Å². The Morgan fingerprint density at radius 1 is 1.29 bits per heavy atom. The molecule has 0 amide bonds. The molecule has 5 nitrogen and oxygen atoms in total. The first-order valence-corrected chi connectivity index (χ1v) is 9.68. The molecule has 3 N–H and O–H groups in total. The zero-order valence-corrected chi connectivity index (χ0v) is 15.8. The standard InChI is InChI=1S/C17H20N4OS2/c1-7-5-6-11(23-7)15-20-16(22-21-15)14-13(18)12-9(3)8(2)10(4)19-17(12)24-14/h6-7,15,21H,5,18H2,1-4H3. The van der Waals surface area contributed by atoms with Crippen molar-refractivity contribution in [2.45, 2.75) is 45.5 Å². The van der Waals surface area contributed by atoms with Crippen LogP contribution in [0.15, 0.2) is 16.0 Å². The minimum atomic E-state index is -0.128. The summed E-state index contributed by atoms with van der Waals surface area (Å²) in [5.41, 5.74) is 13.6. The molecular formula is C17H20N4OS2. The Morgan fingerprint density at radius 2 is 2.08 bits per heavy atom. The van der Waals surface area contributed by atoms with Crippen molar-refractivity contribution in [3.8, 4) is 0 Å². The molecule has 0 aliphatic carbocycles. The SMILES string of the molecule is Cc1nc2sc(C3=NC(C4=CCC(C)S4)NO3)c(N)c2c(C)c1C. The largest absolute Gasteiger partial charge is 0.397 e. The lowest BCUT2D eigenvalue weighted by atomic mass is 10.1. The molecule has 0 bridgehead atoms. The number of nitrogens with one attached hydrogen (secondary N) is 1. The molecule has 2 unspecified atom stereocenters. The van der Waals surface area contributed by atoms with Crippen LogP contribution in [-0.2, 0) is 4.84 Å². The average molecular weight is 361 g/mol. The van der Waals surface area contributed by atoms with Gasteiger partial charge in [-0.2, -0.15) is 0 Å². The normalized spacial score (nSPS) is 23.5. The fourth-order valence-corrected chi connectivity index (χ4v) is 5.24. The minimum absolute atomic E-state index is 0.128. The number of fused-ring (bicyclic) bond motifs is 1. The van der Waals surface area contributed by atoms with Crippen LogP contribution in [0.2, 0.25) is 0 Å². The fourth-order valence-electron chi connectivity index (χ4n) is 3.02. The molecule has 2 atom stereocenters. The number of hydrogen-bond acceptors (Lipinski definition) is 7. The number of allylic oxidation sites excluding steroid dienone is 1. The highest BCUT2D eigenvalue weighted by molar-refractivity contribution is 8.03. The van der Waals surface area contributed by atoms with Crippen LogP contribution >= 0.6 is 23.1 Å². The van der Waals surface area contributed by atoms with E-state index in [2.05, 4.69) is 37.3 Å². The Hall–Kier alpha value is -1.57. The number of rotatable bonds is 2. The van der Waals surface area contributed by atoms with Crippen molar-refractivity contribution in [2.75, 3.05) is 5.73 Å². The summed E-state index contributed by atoms with van der Waals surface area (Å²) in [6.45, 7) is 8.43. The van der Waals surface area contributed by atoms with Crippen molar-refractivity contribution in [1.82, 2.24) is 10.5 Å². The first-order valence-electron chi connectivity index (χ1n) is 7.98. The third kappa shape index (κ3) is 2.42.